The fourth-order valence-corrected chi connectivity index (χ4v) is 7.17. The maximum absolute atomic E-state index is 13.6. The van der Waals surface area contributed by atoms with Gasteiger partial charge in [-0.15, -0.1) is 0 Å². The Kier molecular flexibility index (Phi) is 8.61. The second-order valence-electron chi connectivity index (χ2n) is 8.55. The molecule has 9 nitrogen and oxygen atoms in total. The van der Waals surface area contributed by atoms with Crippen molar-refractivity contribution in [1.29, 1.82) is 0 Å². The second-order valence-corrected chi connectivity index (χ2v) is 12.8. The van der Waals surface area contributed by atoms with Crippen LogP contribution in [0.3, 0.4) is 0 Å². The molecule has 0 unspecified atom stereocenters. The van der Waals surface area contributed by atoms with Crippen molar-refractivity contribution in [3.05, 3.63) is 77.8 Å². The molecule has 1 saturated heterocycles. The third-order valence-corrected chi connectivity index (χ3v) is 9.90. The molecule has 0 atom stereocenters. The minimum absolute atomic E-state index is 0.0440. The number of ether oxygens (including phenoxy) is 1. The molecule has 0 bridgehead atoms. The summed E-state index contributed by atoms with van der Waals surface area (Å²) in [7, 11) is -7.78. The van der Waals surface area contributed by atoms with Gasteiger partial charge < -0.3 is 10.1 Å². The zero-order valence-corrected chi connectivity index (χ0v) is 23.1. The molecule has 1 amide bonds. The summed E-state index contributed by atoms with van der Waals surface area (Å²) in [6, 6.07) is 18.0. The molecule has 0 spiro atoms. The molecule has 12 heteroatoms. The van der Waals surface area contributed by atoms with E-state index in [1.807, 2.05) is 0 Å². The first-order chi connectivity index (χ1) is 18.1. The molecule has 1 aliphatic heterocycles. The highest BCUT2D eigenvalue weighted by Gasteiger charge is 2.30. The minimum Gasteiger partial charge on any atom is -0.492 e. The lowest BCUT2D eigenvalue weighted by molar-refractivity contribution is -0.114. The van der Waals surface area contributed by atoms with Crippen LogP contribution in [0.5, 0.6) is 5.75 Å². The van der Waals surface area contributed by atoms with Crippen LogP contribution in [0.2, 0.25) is 5.02 Å². The van der Waals surface area contributed by atoms with E-state index in [9.17, 15) is 21.6 Å². The molecule has 38 heavy (non-hydrogen) atoms. The van der Waals surface area contributed by atoms with Gasteiger partial charge >= 0.3 is 0 Å². The first-order valence-electron chi connectivity index (χ1n) is 12.0. The van der Waals surface area contributed by atoms with Crippen LogP contribution in [0.4, 0.5) is 11.4 Å². The average molecular weight is 578 g/mol. The highest BCUT2D eigenvalue weighted by molar-refractivity contribution is 7.93. The summed E-state index contributed by atoms with van der Waals surface area (Å²) in [4.78, 5) is 13.2. The SMILES string of the molecule is CCOc1ccccc1N(CC(=O)Nc1ccc(S(=O)(=O)N2CCCC2)cc1)S(=O)(=O)c1ccc(Cl)cc1. The van der Waals surface area contributed by atoms with E-state index in [0.717, 1.165) is 17.1 Å². The maximum Gasteiger partial charge on any atom is 0.264 e. The molecule has 0 aromatic heterocycles. The van der Waals surface area contributed by atoms with Gasteiger partial charge in [0.15, 0.2) is 0 Å². The lowest BCUT2D eigenvalue weighted by Crippen LogP contribution is -2.38. The van der Waals surface area contributed by atoms with Crippen LogP contribution in [0.15, 0.2) is 82.6 Å². The van der Waals surface area contributed by atoms with E-state index in [1.54, 1.807) is 31.2 Å². The number of benzene rings is 3. The molecule has 0 saturated carbocycles. The van der Waals surface area contributed by atoms with Crippen molar-refractivity contribution >= 4 is 48.9 Å². The van der Waals surface area contributed by atoms with Crippen LogP contribution in [0, 0.1) is 0 Å². The van der Waals surface area contributed by atoms with Crippen LogP contribution in [-0.2, 0) is 24.8 Å². The molecule has 3 aromatic carbocycles. The molecule has 3 aromatic rings. The number of carbonyl (C=O) groups excluding carboxylic acids is 1. The fraction of sp³-hybridized carbons (Fsp3) is 0.269. The van der Waals surface area contributed by atoms with Crippen LogP contribution in [0.25, 0.3) is 0 Å². The molecular weight excluding hydrogens is 550 g/mol. The molecule has 1 N–H and O–H groups in total. The lowest BCUT2D eigenvalue weighted by Gasteiger charge is -2.26. The zero-order chi connectivity index (χ0) is 27.3. The molecule has 0 radical (unpaired) electrons. The molecule has 202 valence electrons. The predicted octanol–water partition coefficient (Wildman–Crippen LogP) is 4.36. The summed E-state index contributed by atoms with van der Waals surface area (Å²) >= 11 is 5.94. The second kappa shape index (κ2) is 11.7. The van der Waals surface area contributed by atoms with E-state index in [0.29, 0.717) is 36.2 Å². The summed E-state index contributed by atoms with van der Waals surface area (Å²) in [6.07, 6.45) is 1.66. The number of amides is 1. The van der Waals surface area contributed by atoms with Gasteiger partial charge in [0.1, 0.15) is 12.3 Å². The van der Waals surface area contributed by atoms with Gasteiger partial charge in [-0.1, -0.05) is 23.7 Å². The van der Waals surface area contributed by atoms with Gasteiger partial charge in [-0.25, -0.2) is 16.8 Å². The topological polar surface area (TPSA) is 113 Å². The van der Waals surface area contributed by atoms with Crippen molar-refractivity contribution in [2.45, 2.75) is 29.6 Å². The third kappa shape index (κ3) is 6.12. The van der Waals surface area contributed by atoms with Crippen molar-refractivity contribution in [2.24, 2.45) is 0 Å². The number of hydrogen-bond donors (Lipinski definition) is 1. The van der Waals surface area contributed by atoms with E-state index in [1.165, 1.54) is 52.8 Å². The van der Waals surface area contributed by atoms with E-state index in [4.69, 9.17) is 16.3 Å². The summed E-state index contributed by atoms with van der Waals surface area (Å²) < 4.78 is 60.9. The Morgan fingerprint density at radius 1 is 0.921 bits per heavy atom. The Hall–Kier alpha value is -3.12. The number of nitrogens with zero attached hydrogens (tertiary/aromatic N) is 2. The Balaban J connectivity index is 1.59. The van der Waals surface area contributed by atoms with Gasteiger partial charge in [0.2, 0.25) is 15.9 Å². The van der Waals surface area contributed by atoms with Crippen molar-refractivity contribution in [3.8, 4) is 5.75 Å². The highest BCUT2D eigenvalue weighted by atomic mass is 35.5. The van der Waals surface area contributed by atoms with Crippen molar-refractivity contribution in [3.63, 3.8) is 0 Å². The number of rotatable bonds is 10. The Bertz CT molecular complexity index is 1490. The zero-order valence-electron chi connectivity index (χ0n) is 20.7. The molecule has 1 heterocycles. The summed E-state index contributed by atoms with van der Waals surface area (Å²) in [5.74, 6) is -0.319. The van der Waals surface area contributed by atoms with E-state index < -0.39 is 32.5 Å². The van der Waals surface area contributed by atoms with Gasteiger partial charge in [0.05, 0.1) is 22.1 Å². The molecule has 0 aliphatic carbocycles. The Morgan fingerprint density at radius 2 is 1.53 bits per heavy atom. The number of hydrogen-bond acceptors (Lipinski definition) is 6. The van der Waals surface area contributed by atoms with Crippen molar-refractivity contribution < 1.29 is 26.4 Å². The summed E-state index contributed by atoms with van der Waals surface area (Å²) in [6.45, 7) is 2.49. The highest BCUT2D eigenvalue weighted by Crippen LogP contribution is 2.33. The first-order valence-corrected chi connectivity index (χ1v) is 15.3. The standard InChI is InChI=1S/C26H28ClN3O6S2/c1-2-36-25-8-4-3-7-24(25)30(38(34,35)23-13-9-20(27)10-14-23)19-26(31)28-21-11-15-22(16-12-21)37(32,33)29-17-5-6-18-29/h3-4,7-16H,2,5-6,17-19H2,1H3,(H,28,31). The number of halogens is 1. The lowest BCUT2D eigenvalue weighted by atomic mass is 10.3. The number of nitrogens with one attached hydrogen (secondary N) is 1. The van der Waals surface area contributed by atoms with Crippen LogP contribution >= 0.6 is 11.6 Å². The summed E-state index contributed by atoms with van der Waals surface area (Å²) in [5, 5.41) is 3.03. The summed E-state index contributed by atoms with van der Waals surface area (Å²) in [5.41, 5.74) is 0.531. The smallest absolute Gasteiger partial charge is 0.264 e. The van der Waals surface area contributed by atoms with Gasteiger partial charge in [0, 0.05) is 23.8 Å². The first kappa shape index (κ1) is 27.9. The van der Waals surface area contributed by atoms with Gasteiger partial charge in [-0.3, -0.25) is 9.10 Å². The van der Waals surface area contributed by atoms with Crippen LogP contribution < -0.4 is 14.4 Å². The third-order valence-electron chi connectivity index (χ3n) is 5.96. The van der Waals surface area contributed by atoms with Crippen LogP contribution in [-0.4, -0.2) is 53.3 Å². The van der Waals surface area contributed by atoms with Gasteiger partial charge in [-0.2, -0.15) is 4.31 Å². The number of carbonyl (C=O) groups is 1. The van der Waals surface area contributed by atoms with E-state index in [-0.39, 0.29) is 15.5 Å². The average Bonchev–Trinajstić information content (AvgIpc) is 3.45. The normalized spacial score (nSPS) is 14.3. The monoisotopic (exact) mass is 577 g/mol. The van der Waals surface area contributed by atoms with E-state index >= 15 is 0 Å². The maximum atomic E-state index is 13.6. The molecular formula is C26H28ClN3O6S2. The van der Waals surface area contributed by atoms with Gasteiger partial charge in [0.25, 0.3) is 10.0 Å². The Labute approximate surface area is 228 Å². The number of sulfonamides is 2. The molecule has 4 rings (SSSR count). The van der Waals surface area contributed by atoms with Crippen molar-refractivity contribution in [1.82, 2.24) is 4.31 Å². The number of anilines is 2. The van der Waals surface area contributed by atoms with Crippen molar-refractivity contribution in [2.75, 3.05) is 35.9 Å². The largest absolute Gasteiger partial charge is 0.492 e. The fourth-order valence-electron chi connectivity index (χ4n) is 4.09. The number of para-hydroxylation sites is 2. The predicted molar refractivity (Wildman–Crippen MR) is 147 cm³/mol. The quantitative estimate of drug-likeness (QED) is 0.383. The molecule has 1 aliphatic rings. The van der Waals surface area contributed by atoms with E-state index in [2.05, 4.69) is 5.32 Å². The Morgan fingerprint density at radius 3 is 2.16 bits per heavy atom. The molecule has 1 fully saturated rings. The minimum atomic E-state index is -4.19. The van der Waals surface area contributed by atoms with Gasteiger partial charge in [-0.05, 0) is 80.4 Å². The van der Waals surface area contributed by atoms with Crippen LogP contribution in [0.1, 0.15) is 19.8 Å².